The number of hydrogen-bond donors (Lipinski definition) is 1. The van der Waals surface area contributed by atoms with E-state index in [0.29, 0.717) is 37.1 Å². The lowest BCUT2D eigenvalue weighted by Gasteiger charge is -2.31. The summed E-state index contributed by atoms with van der Waals surface area (Å²) in [5.74, 6) is -1.09. The Morgan fingerprint density at radius 2 is 2.00 bits per heavy atom. The Morgan fingerprint density at radius 3 is 2.55 bits per heavy atom. The lowest BCUT2D eigenvalue weighted by Crippen LogP contribution is -2.39. The quantitative estimate of drug-likeness (QED) is 0.924. The average Bonchev–Trinajstić information content (AvgIpc) is 2.38. The van der Waals surface area contributed by atoms with Gasteiger partial charge in [-0.15, -0.1) is 0 Å². The molecule has 0 aromatic heterocycles. The molecule has 1 aromatic carbocycles. The number of rotatable bonds is 3. The molecule has 0 bridgehead atoms. The first-order valence-electron chi connectivity index (χ1n) is 6.74. The lowest BCUT2D eigenvalue weighted by molar-refractivity contribution is -0.138. The van der Waals surface area contributed by atoms with Crippen LogP contribution in [0.5, 0.6) is 0 Å². The number of carbonyl (C=O) groups is 2. The number of carboxylic acids is 1. The second kappa shape index (κ2) is 6.03. The molecule has 0 spiro atoms. The highest BCUT2D eigenvalue weighted by atomic mass is 19.1. The highest BCUT2D eigenvalue weighted by Gasteiger charge is 2.25. The smallest absolute Gasteiger partial charge is 0.303 e. The minimum atomic E-state index is -0.788. The fourth-order valence-corrected chi connectivity index (χ4v) is 2.62. The van der Waals surface area contributed by atoms with Crippen LogP contribution in [0.1, 0.15) is 35.2 Å². The maximum absolute atomic E-state index is 13.0. The number of carbonyl (C=O) groups excluding carboxylic acids is 1. The number of halogens is 1. The largest absolute Gasteiger partial charge is 0.481 e. The Balaban J connectivity index is 1.99. The number of carboxylic acid groups (broad SMARTS) is 1. The number of amides is 1. The van der Waals surface area contributed by atoms with Crippen LogP contribution >= 0.6 is 0 Å². The van der Waals surface area contributed by atoms with E-state index in [0.717, 1.165) is 0 Å². The zero-order valence-corrected chi connectivity index (χ0v) is 11.4. The van der Waals surface area contributed by atoms with Crippen molar-refractivity contribution in [3.63, 3.8) is 0 Å². The van der Waals surface area contributed by atoms with Gasteiger partial charge in [0.25, 0.3) is 5.91 Å². The van der Waals surface area contributed by atoms with Crippen molar-refractivity contribution < 1.29 is 19.1 Å². The molecule has 0 aliphatic carbocycles. The maximum Gasteiger partial charge on any atom is 0.303 e. The molecule has 0 radical (unpaired) electrons. The van der Waals surface area contributed by atoms with Crippen LogP contribution in [0.2, 0.25) is 0 Å². The van der Waals surface area contributed by atoms with Crippen molar-refractivity contribution in [2.75, 3.05) is 13.1 Å². The van der Waals surface area contributed by atoms with Gasteiger partial charge in [0.1, 0.15) is 5.82 Å². The molecule has 1 aliphatic rings. The molecule has 1 aliphatic heterocycles. The topological polar surface area (TPSA) is 57.6 Å². The molecular formula is C15H18FNO3. The molecule has 1 heterocycles. The van der Waals surface area contributed by atoms with Crippen LogP contribution in [0.3, 0.4) is 0 Å². The van der Waals surface area contributed by atoms with Gasteiger partial charge >= 0.3 is 5.97 Å². The van der Waals surface area contributed by atoms with Crippen molar-refractivity contribution >= 4 is 11.9 Å². The molecule has 1 fully saturated rings. The first-order valence-corrected chi connectivity index (χ1v) is 6.74. The number of piperidine rings is 1. The minimum absolute atomic E-state index is 0.101. The van der Waals surface area contributed by atoms with Gasteiger partial charge in [-0.25, -0.2) is 4.39 Å². The van der Waals surface area contributed by atoms with E-state index in [1.54, 1.807) is 11.8 Å². The molecular weight excluding hydrogens is 261 g/mol. The summed E-state index contributed by atoms with van der Waals surface area (Å²) in [6, 6.07) is 4.15. The Labute approximate surface area is 117 Å². The van der Waals surface area contributed by atoms with E-state index in [4.69, 9.17) is 5.11 Å². The average molecular weight is 279 g/mol. The zero-order chi connectivity index (χ0) is 14.7. The standard InChI is InChI=1S/C15H18FNO3/c1-10-8-12(16)2-3-13(10)15(20)17-6-4-11(5-7-17)9-14(18)19/h2-3,8,11H,4-7,9H2,1H3,(H,18,19). The minimum Gasteiger partial charge on any atom is -0.481 e. The highest BCUT2D eigenvalue weighted by molar-refractivity contribution is 5.95. The molecule has 0 unspecified atom stereocenters. The first-order chi connectivity index (χ1) is 9.47. The van der Waals surface area contributed by atoms with Gasteiger partial charge in [-0.2, -0.15) is 0 Å². The molecule has 1 saturated heterocycles. The summed E-state index contributed by atoms with van der Waals surface area (Å²) >= 11 is 0. The lowest BCUT2D eigenvalue weighted by atomic mass is 9.93. The van der Waals surface area contributed by atoms with Crippen LogP contribution in [0, 0.1) is 18.7 Å². The molecule has 4 nitrogen and oxygen atoms in total. The van der Waals surface area contributed by atoms with E-state index in [-0.39, 0.29) is 24.1 Å². The monoisotopic (exact) mass is 279 g/mol. The summed E-state index contributed by atoms with van der Waals surface area (Å²) in [5.41, 5.74) is 1.14. The normalized spacial score (nSPS) is 16.2. The van der Waals surface area contributed by atoms with Gasteiger partial charge < -0.3 is 10.0 Å². The number of likely N-dealkylation sites (tertiary alicyclic amines) is 1. The Morgan fingerprint density at radius 1 is 1.35 bits per heavy atom. The maximum atomic E-state index is 13.0. The SMILES string of the molecule is Cc1cc(F)ccc1C(=O)N1CCC(CC(=O)O)CC1. The molecule has 2 rings (SSSR count). The van der Waals surface area contributed by atoms with Gasteiger partial charge in [-0.05, 0) is 49.4 Å². The van der Waals surface area contributed by atoms with Crippen molar-refractivity contribution in [2.24, 2.45) is 5.92 Å². The van der Waals surface area contributed by atoms with E-state index >= 15 is 0 Å². The summed E-state index contributed by atoms with van der Waals surface area (Å²) in [4.78, 5) is 24.7. The van der Waals surface area contributed by atoms with E-state index in [1.807, 2.05) is 0 Å². The summed E-state index contributed by atoms with van der Waals surface area (Å²) in [7, 11) is 0. The van der Waals surface area contributed by atoms with E-state index in [2.05, 4.69) is 0 Å². The van der Waals surface area contributed by atoms with E-state index < -0.39 is 5.97 Å². The molecule has 5 heteroatoms. The fourth-order valence-electron chi connectivity index (χ4n) is 2.62. The van der Waals surface area contributed by atoms with Crippen molar-refractivity contribution in [1.82, 2.24) is 4.90 Å². The first kappa shape index (κ1) is 14.5. The van der Waals surface area contributed by atoms with Crippen LogP contribution in [0.25, 0.3) is 0 Å². The molecule has 108 valence electrons. The summed E-state index contributed by atoms with van der Waals surface area (Å²) in [6.07, 6.45) is 1.58. The summed E-state index contributed by atoms with van der Waals surface area (Å²) in [5, 5.41) is 8.77. The van der Waals surface area contributed by atoms with Crippen molar-refractivity contribution in [3.8, 4) is 0 Å². The van der Waals surface area contributed by atoms with Crippen molar-refractivity contribution in [2.45, 2.75) is 26.2 Å². The third kappa shape index (κ3) is 3.35. The van der Waals surface area contributed by atoms with Crippen molar-refractivity contribution in [3.05, 3.63) is 35.1 Å². The molecule has 20 heavy (non-hydrogen) atoms. The molecule has 1 N–H and O–H groups in total. The van der Waals surface area contributed by atoms with Crippen LogP contribution in [0.4, 0.5) is 4.39 Å². The molecule has 0 saturated carbocycles. The molecule has 1 aromatic rings. The predicted molar refractivity (Wildman–Crippen MR) is 72.0 cm³/mol. The van der Waals surface area contributed by atoms with Gasteiger partial charge in [0, 0.05) is 25.1 Å². The van der Waals surface area contributed by atoms with Gasteiger partial charge in [0.05, 0.1) is 0 Å². The Bertz CT molecular complexity index is 522. The fraction of sp³-hybridized carbons (Fsp3) is 0.467. The number of nitrogens with zero attached hydrogens (tertiary/aromatic N) is 1. The second-order valence-electron chi connectivity index (χ2n) is 5.29. The number of hydrogen-bond acceptors (Lipinski definition) is 2. The summed E-state index contributed by atoms with van der Waals surface area (Å²) < 4.78 is 13.0. The second-order valence-corrected chi connectivity index (χ2v) is 5.29. The highest BCUT2D eigenvalue weighted by Crippen LogP contribution is 2.22. The van der Waals surface area contributed by atoms with E-state index in [1.165, 1.54) is 18.2 Å². The van der Waals surface area contributed by atoms with Crippen LogP contribution in [-0.4, -0.2) is 35.0 Å². The molecule has 0 atom stereocenters. The Kier molecular flexibility index (Phi) is 4.37. The Hall–Kier alpha value is -1.91. The zero-order valence-electron chi connectivity index (χ0n) is 11.4. The van der Waals surface area contributed by atoms with Crippen LogP contribution in [0.15, 0.2) is 18.2 Å². The number of aliphatic carboxylic acids is 1. The van der Waals surface area contributed by atoms with E-state index in [9.17, 15) is 14.0 Å². The molecule has 1 amide bonds. The van der Waals surface area contributed by atoms with Crippen LogP contribution < -0.4 is 0 Å². The van der Waals surface area contributed by atoms with Crippen LogP contribution in [-0.2, 0) is 4.79 Å². The van der Waals surface area contributed by atoms with Gasteiger partial charge in [-0.3, -0.25) is 9.59 Å². The van der Waals surface area contributed by atoms with Gasteiger partial charge in [0.15, 0.2) is 0 Å². The third-order valence-electron chi connectivity index (χ3n) is 3.78. The third-order valence-corrected chi connectivity index (χ3v) is 3.78. The van der Waals surface area contributed by atoms with Gasteiger partial charge in [-0.1, -0.05) is 0 Å². The predicted octanol–water partition coefficient (Wildman–Crippen LogP) is 2.46. The van der Waals surface area contributed by atoms with Gasteiger partial charge in [0.2, 0.25) is 0 Å². The van der Waals surface area contributed by atoms with Crippen molar-refractivity contribution in [1.29, 1.82) is 0 Å². The number of benzene rings is 1. The summed E-state index contributed by atoms with van der Waals surface area (Å²) in [6.45, 7) is 2.84. The number of aryl methyl sites for hydroxylation is 1.